The zero-order chi connectivity index (χ0) is 18.2. The Labute approximate surface area is 177 Å². The van der Waals surface area contributed by atoms with Crippen molar-refractivity contribution in [2.24, 2.45) is 4.99 Å². The summed E-state index contributed by atoms with van der Waals surface area (Å²) in [5.74, 6) is 1.44. The lowest BCUT2D eigenvalue weighted by Gasteiger charge is -2.20. The van der Waals surface area contributed by atoms with Crippen molar-refractivity contribution in [3.63, 3.8) is 0 Å². The van der Waals surface area contributed by atoms with Crippen LogP contribution in [-0.4, -0.2) is 46.7 Å². The summed E-state index contributed by atoms with van der Waals surface area (Å²) in [7, 11) is 0. The van der Waals surface area contributed by atoms with Crippen molar-refractivity contribution in [1.82, 2.24) is 15.2 Å². The number of nitrogens with zero attached hydrogens (tertiary/aromatic N) is 3. The van der Waals surface area contributed by atoms with E-state index in [1.54, 1.807) is 6.20 Å². The number of benzene rings is 1. The summed E-state index contributed by atoms with van der Waals surface area (Å²) in [6.45, 7) is 5.34. The van der Waals surface area contributed by atoms with Gasteiger partial charge < -0.3 is 20.1 Å². The smallest absolute Gasteiger partial charge is 0.213 e. The number of ether oxygens (including phenoxy) is 1. The number of aliphatic imine (C=N–C) groups is 1. The summed E-state index contributed by atoms with van der Waals surface area (Å²) >= 11 is 0. The van der Waals surface area contributed by atoms with E-state index in [-0.39, 0.29) is 30.1 Å². The number of likely N-dealkylation sites (tertiary alicyclic amines) is 1. The van der Waals surface area contributed by atoms with Gasteiger partial charge in [-0.25, -0.2) is 9.98 Å². The quantitative estimate of drug-likeness (QED) is 0.377. The zero-order valence-electron chi connectivity index (χ0n) is 15.5. The monoisotopic (exact) mass is 482 g/mol. The molecule has 1 atom stereocenters. The van der Waals surface area contributed by atoms with Crippen molar-refractivity contribution in [1.29, 1.82) is 0 Å². The third kappa shape index (κ3) is 6.66. The zero-order valence-corrected chi connectivity index (χ0v) is 17.9. The van der Waals surface area contributed by atoms with Gasteiger partial charge in [0.05, 0.1) is 12.6 Å². The van der Waals surface area contributed by atoms with Crippen molar-refractivity contribution in [3.8, 4) is 5.88 Å². The van der Waals surface area contributed by atoms with E-state index >= 15 is 0 Å². The summed E-state index contributed by atoms with van der Waals surface area (Å²) < 4.78 is 5.78. The Morgan fingerprint density at radius 3 is 2.81 bits per heavy atom. The van der Waals surface area contributed by atoms with Crippen molar-refractivity contribution >= 4 is 29.9 Å². The van der Waals surface area contributed by atoms with E-state index in [1.807, 2.05) is 49.4 Å². The van der Waals surface area contributed by atoms with Gasteiger partial charge in [-0.3, -0.25) is 0 Å². The van der Waals surface area contributed by atoms with Crippen LogP contribution in [0.25, 0.3) is 0 Å². The van der Waals surface area contributed by atoms with Gasteiger partial charge in [0.1, 0.15) is 6.61 Å². The van der Waals surface area contributed by atoms with E-state index in [2.05, 4.69) is 15.2 Å². The van der Waals surface area contributed by atoms with Gasteiger partial charge in [0.15, 0.2) is 5.96 Å². The highest BCUT2D eigenvalue weighted by Gasteiger charge is 2.22. The topological polar surface area (TPSA) is 70.0 Å². The lowest BCUT2D eigenvalue weighted by molar-refractivity contribution is 0.188. The molecule has 6 nitrogen and oxygen atoms in total. The van der Waals surface area contributed by atoms with Crippen molar-refractivity contribution in [3.05, 3.63) is 59.8 Å². The summed E-state index contributed by atoms with van der Waals surface area (Å²) in [5, 5.41) is 13.0. The maximum absolute atomic E-state index is 9.74. The molecule has 0 bridgehead atoms. The highest BCUT2D eigenvalue weighted by atomic mass is 127. The molecule has 3 rings (SSSR count). The first-order chi connectivity index (χ1) is 12.7. The molecular weight excluding hydrogens is 455 g/mol. The van der Waals surface area contributed by atoms with E-state index in [0.29, 0.717) is 25.6 Å². The standard InChI is InChI=1S/C20H26N4O2.HI/c1-2-21-20(24-11-9-18(25)14-24)23-13-17-8-10-22-19(12-17)26-15-16-6-4-3-5-7-16;/h3-8,10,12,18,25H,2,9,11,13-15H2,1H3,(H,21,23);1H/t18-;/m1./s1. The van der Waals surface area contributed by atoms with Gasteiger partial charge in [-0.05, 0) is 30.5 Å². The Morgan fingerprint density at radius 1 is 1.30 bits per heavy atom. The normalized spacial score (nSPS) is 16.7. The Morgan fingerprint density at radius 2 is 2.11 bits per heavy atom. The van der Waals surface area contributed by atoms with Crippen LogP contribution in [0, 0.1) is 0 Å². The number of aromatic nitrogens is 1. The van der Waals surface area contributed by atoms with Crippen molar-refractivity contribution < 1.29 is 9.84 Å². The molecule has 0 saturated carbocycles. The minimum atomic E-state index is -0.266. The maximum Gasteiger partial charge on any atom is 0.213 e. The molecule has 27 heavy (non-hydrogen) atoms. The molecule has 2 N–H and O–H groups in total. The second kappa shape index (κ2) is 11.1. The Balaban J connectivity index is 0.00000261. The van der Waals surface area contributed by atoms with E-state index in [1.165, 1.54) is 0 Å². The molecular formula is C20H27IN4O2. The van der Waals surface area contributed by atoms with Crippen LogP contribution in [0.5, 0.6) is 5.88 Å². The van der Waals surface area contributed by atoms with E-state index in [0.717, 1.165) is 36.6 Å². The van der Waals surface area contributed by atoms with Crippen LogP contribution >= 0.6 is 24.0 Å². The van der Waals surface area contributed by atoms with Gasteiger partial charge in [0, 0.05) is 31.9 Å². The van der Waals surface area contributed by atoms with E-state index in [4.69, 9.17) is 9.73 Å². The number of aliphatic hydroxyl groups excluding tert-OH is 1. The largest absolute Gasteiger partial charge is 0.473 e. The number of guanidine groups is 1. The second-order valence-corrected chi connectivity index (χ2v) is 6.34. The predicted molar refractivity (Wildman–Crippen MR) is 117 cm³/mol. The molecule has 7 heteroatoms. The number of β-amino-alcohol motifs (C(OH)–C–C–N with tert-alkyl or cyclic N) is 1. The average Bonchev–Trinajstić information content (AvgIpc) is 3.11. The first kappa shape index (κ1) is 21.4. The molecule has 1 aromatic heterocycles. The van der Waals surface area contributed by atoms with Crippen LogP contribution in [0.2, 0.25) is 0 Å². The highest BCUT2D eigenvalue weighted by Crippen LogP contribution is 2.14. The van der Waals surface area contributed by atoms with E-state index in [9.17, 15) is 5.11 Å². The van der Waals surface area contributed by atoms with Crippen LogP contribution in [0.4, 0.5) is 0 Å². The van der Waals surface area contributed by atoms with Crippen molar-refractivity contribution in [2.45, 2.75) is 32.6 Å². The van der Waals surface area contributed by atoms with Crippen LogP contribution in [-0.2, 0) is 13.2 Å². The molecule has 0 unspecified atom stereocenters. The molecule has 1 fully saturated rings. The number of rotatable bonds is 6. The average molecular weight is 482 g/mol. The van der Waals surface area contributed by atoms with Gasteiger partial charge in [0.2, 0.25) is 5.88 Å². The number of hydrogen-bond acceptors (Lipinski definition) is 4. The lowest BCUT2D eigenvalue weighted by atomic mass is 10.2. The van der Waals surface area contributed by atoms with Gasteiger partial charge in [-0.1, -0.05) is 30.3 Å². The fraction of sp³-hybridized carbons (Fsp3) is 0.400. The minimum Gasteiger partial charge on any atom is -0.473 e. The molecule has 1 aliphatic heterocycles. The summed E-state index contributed by atoms with van der Waals surface area (Å²) in [5.41, 5.74) is 2.15. The van der Waals surface area contributed by atoms with E-state index < -0.39 is 0 Å². The van der Waals surface area contributed by atoms with Crippen LogP contribution in [0.1, 0.15) is 24.5 Å². The molecule has 1 saturated heterocycles. The Hall–Kier alpha value is -1.87. The SMILES string of the molecule is CCNC(=NCc1ccnc(OCc2ccccc2)c1)N1CC[C@@H](O)C1.I. The number of pyridine rings is 1. The number of aliphatic hydroxyl groups is 1. The summed E-state index contributed by atoms with van der Waals surface area (Å²) in [4.78, 5) is 11.1. The fourth-order valence-electron chi connectivity index (χ4n) is 2.89. The third-order valence-corrected chi connectivity index (χ3v) is 4.24. The molecule has 0 radical (unpaired) electrons. The molecule has 1 aromatic carbocycles. The van der Waals surface area contributed by atoms with Gasteiger partial charge in [-0.2, -0.15) is 0 Å². The molecule has 1 aliphatic rings. The van der Waals surface area contributed by atoms with Gasteiger partial charge in [0.25, 0.3) is 0 Å². The fourth-order valence-corrected chi connectivity index (χ4v) is 2.89. The molecule has 2 aromatic rings. The van der Waals surface area contributed by atoms with Crippen LogP contribution in [0.3, 0.4) is 0 Å². The molecule has 0 spiro atoms. The predicted octanol–water partition coefficient (Wildman–Crippen LogP) is 2.81. The Kier molecular flexibility index (Phi) is 8.80. The first-order valence-electron chi connectivity index (χ1n) is 9.07. The van der Waals surface area contributed by atoms with Gasteiger partial charge in [-0.15, -0.1) is 24.0 Å². The van der Waals surface area contributed by atoms with Crippen LogP contribution < -0.4 is 10.1 Å². The maximum atomic E-state index is 9.74. The summed E-state index contributed by atoms with van der Waals surface area (Å²) in [6, 6.07) is 13.9. The highest BCUT2D eigenvalue weighted by molar-refractivity contribution is 14.0. The summed E-state index contributed by atoms with van der Waals surface area (Å²) in [6.07, 6.45) is 2.27. The molecule has 0 amide bonds. The van der Waals surface area contributed by atoms with Crippen LogP contribution in [0.15, 0.2) is 53.7 Å². The Bertz CT molecular complexity index is 727. The second-order valence-electron chi connectivity index (χ2n) is 6.34. The molecule has 0 aliphatic carbocycles. The lowest BCUT2D eigenvalue weighted by Crippen LogP contribution is -2.40. The van der Waals surface area contributed by atoms with Gasteiger partial charge >= 0.3 is 0 Å². The number of hydrogen-bond donors (Lipinski definition) is 2. The third-order valence-electron chi connectivity index (χ3n) is 4.24. The molecule has 146 valence electrons. The molecule has 2 heterocycles. The minimum absolute atomic E-state index is 0. The van der Waals surface area contributed by atoms with Crippen molar-refractivity contribution in [2.75, 3.05) is 19.6 Å². The number of nitrogens with one attached hydrogen (secondary N) is 1. The first-order valence-corrected chi connectivity index (χ1v) is 9.07. The number of halogens is 1.